The number of carbonyl (C=O) groups is 3. The van der Waals surface area contributed by atoms with Crippen LogP contribution in [-0.2, 0) is 19.5 Å². The summed E-state index contributed by atoms with van der Waals surface area (Å²) in [5.41, 5.74) is 0.942. The zero-order chi connectivity index (χ0) is 24.2. The first-order valence-electron chi connectivity index (χ1n) is 10.4. The molecule has 33 heavy (non-hydrogen) atoms. The number of anilines is 1. The summed E-state index contributed by atoms with van der Waals surface area (Å²) in [6.07, 6.45) is 0. The van der Waals surface area contributed by atoms with Crippen LogP contribution in [0, 0.1) is 6.92 Å². The third-order valence-corrected chi connectivity index (χ3v) is 8.36. The van der Waals surface area contributed by atoms with Crippen molar-refractivity contribution in [1.29, 1.82) is 0 Å². The molecule has 1 aliphatic heterocycles. The molecule has 1 saturated heterocycles. The molecule has 3 rings (SSSR count). The maximum absolute atomic E-state index is 12.9. The average Bonchev–Trinajstić information content (AvgIpc) is 3.14. The Bertz CT molecular complexity index is 1170. The Morgan fingerprint density at radius 2 is 1.91 bits per heavy atom. The van der Waals surface area contributed by atoms with E-state index >= 15 is 0 Å². The number of benzene rings is 1. The van der Waals surface area contributed by atoms with Gasteiger partial charge in [0.15, 0.2) is 11.6 Å². The Labute approximate surface area is 196 Å². The topological polar surface area (TPSA) is 119 Å². The summed E-state index contributed by atoms with van der Waals surface area (Å²) in [6.45, 7) is 5.90. The van der Waals surface area contributed by atoms with Crippen LogP contribution in [0.5, 0.6) is 0 Å². The van der Waals surface area contributed by atoms with E-state index in [0.29, 0.717) is 28.7 Å². The van der Waals surface area contributed by atoms with Crippen LogP contribution in [0.25, 0.3) is 0 Å². The number of rotatable bonds is 9. The van der Waals surface area contributed by atoms with Crippen LogP contribution < -0.4 is 5.32 Å². The van der Waals surface area contributed by atoms with E-state index in [4.69, 9.17) is 9.47 Å². The molecule has 0 spiro atoms. The van der Waals surface area contributed by atoms with E-state index in [-0.39, 0.29) is 53.8 Å². The number of hydrogen-bond acceptors (Lipinski definition) is 9. The Morgan fingerprint density at radius 1 is 1.21 bits per heavy atom. The van der Waals surface area contributed by atoms with E-state index in [1.165, 1.54) is 35.5 Å². The van der Waals surface area contributed by atoms with Gasteiger partial charge in [0.25, 0.3) is 0 Å². The van der Waals surface area contributed by atoms with E-state index in [1.54, 1.807) is 13.8 Å². The fourth-order valence-electron chi connectivity index (χ4n) is 3.45. The van der Waals surface area contributed by atoms with Crippen LogP contribution >= 0.6 is 11.3 Å². The van der Waals surface area contributed by atoms with Crippen LogP contribution in [0.2, 0.25) is 0 Å². The predicted octanol–water partition coefficient (Wildman–Crippen LogP) is 2.75. The van der Waals surface area contributed by atoms with Gasteiger partial charge >= 0.3 is 5.97 Å². The number of ketones is 2. The van der Waals surface area contributed by atoms with Gasteiger partial charge in [-0.15, -0.1) is 11.3 Å². The molecule has 1 aliphatic rings. The first-order valence-corrected chi connectivity index (χ1v) is 12.7. The van der Waals surface area contributed by atoms with Gasteiger partial charge in [0.1, 0.15) is 5.00 Å². The van der Waals surface area contributed by atoms with Crippen LogP contribution in [0.1, 0.15) is 49.8 Å². The molecule has 1 N–H and O–H groups in total. The molecule has 11 heteroatoms. The largest absolute Gasteiger partial charge is 0.462 e. The molecule has 1 aromatic carbocycles. The highest BCUT2D eigenvalue weighted by Crippen LogP contribution is 2.34. The number of morpholine rings is 1. The van der Waals surface area contributed by atoms with Gasteiger partial charge in [-0.3, -0.25) is 9.59 Å². The maximum atomic E-state index is 12.9. The summed E-state index contributed by atoms with van der Waals surface area (Å²) in [4.78, 5) is 37.6. The van der Waals surface area contributed by atoms with Crippen molar-refractivity contribution in [3.63, 3.8) is 0 Å². The van der Waals surface area contributed by atoms with Gasteiger partial charge in [-0.05, 0) is 38.5 Å². The van der Waals surface area contributed by atoms with Crippen molar-refractivity contribution in [3.05, 3.63) is 45.8 Å². The summed E-state index contributed by atoms with van der Waals surface area (Å²) in [5.74, 6) is -1.13. The lowest BCUT2D eigenvalue weighted by molar-refractivity contribution is 0.0527. The van der Waals surface area contributed by atoms with Crippen molar-refractivity contribution in [1.82, 2.24) is 4.31 Å². The number of hydrogen-bond donors (Lipinski definition) is 1. The van der Waals surface area contributed by atoms with Gasteiger partial charge in [0.05, 0.1) is 41.7 Å². The predicted molar refractivity (Wildman–Crippen MR) is 124 cm³/mol. The molecule has 0 bridgehead atoms. The minimum atomic E-state index is -3.74. The summed E-state index contributed by atoms with van der Waals surface area (Å²) in [7, 11) is -3.74. The first kappa shape index (κ1) is 25.0. The molecule has 0 saturated carbocycles. The number of Topliss-reactive ketones (excluding diaryl/α,β-unsaturated/α-hetero) is 2. The highest BCUT2D eigenvalue weighted by molar-refractivity contribution is 7.89. The normalized spacial score (nSPS) is 14.6. The zero-order valence-electron chi connectivity index (χ0n) is 18.7. The highest BCUT2D eigenvalue weighted by Gasteiger charge is 2.27. The van der Waals surface area contributed by atoms with Crippen molar-refractivity contribution >= 4 is 43.9 Å². The third-order valence-electron chi connectivity index (χ3n) is 5.12. The van der Waals surface area contributed by atoms with Crippen molar-refractivity contribution in [2.75, 3.05) is 44.8 Å². The SMILES string of the molecule is CCOC(=O)c1c(NCC(=O)c2cccc(S(=O)(=O)N3CCOCC3)c2)sc(C(C)=O)c1C. The van der Waals surface area contributed by atoms with Gasteiger partial charge in [0.2, 0.25) is 10.0 Å². The zero-order valence-corrected chi connectivity index (χ0v) is 20.3. The molecule has 0 unspecified atom stereocenters. The van der Waals surface area contributed by atoms with Crippen molar-refractivity contribution in [2.24, 2.45) is 0 Å². The Hall–Kier alpha value is -2.60. The van der Waals surface area contributed by atoms with Crippen LogP contribution in [-0.4, -0.2) is 69.7 Å². The van der Waals surface area contributed by atoms with E-state index < -0.39 is 16.0 Å². The molecule has 1 fully saturated rings. The molecule has 9 nitrogen and oxygen atoms in total. The van der Waals surface area contributed by atoms with Crippen molar-refractivity contribution < 1.29 is 32.3 Å². The summed E-state index contributed by atoms with van der Waals surface area (Å²) in [5, 5.41) is 3.29. The minimum absolute atomic E-state index is 0.0355. The summed E-state index contributed by atoms with van der Waals surface area (Å²) < 4.78 is 37.4. The van der Waals surface area contributed by atoms with Gasteiger partial charge in [-0.1, -0.05) is 12.1 Å². The van der Waals surface area contributed by atoms with Crippen LogP contribution in [0.3, 0.4) is 0 Å². The Morgan fingerprint density at radius 3 is 2.55 bits per heavy atom. The second kappa shape index (κ2) is 10.6. The maximum Gasteiger partial charge on any atom is 0.341 e. The second-order valence-corrected chi connectivity index (χ2v) is 10.3. The van der Waals surface area contributed by atoms with E-state index in [1.807, 2.05) is 0 Å². The summed E-state index contributed by atoms with van der Waals surface area (Å²) >= 11 is 1.08. The van der Waals surface area contributed by atoms with Crippen LogP contribution in [0.15, 0.2) is 29.2 Å². The number of ether oxygens (including phenoxy) is 2. The first-order chi connectivity index (χ1) is 15.7. The summed E-state index contributed by atoms with van der Waals surface area (Å²) in [6, 6.07) is 5.86. The lowest BCUT2D eigenvalue weighted by Crippen LogP contribution is -2.40. The number of sulfonamides is 1. The Balaban J connectivity index is 1.80. The average molecular weight is 495 g/mol. The van der Waals surface area contributed by atoms with Crippen LogP contribution in [0.4, 0.5) is 5.00 Å². The van der Waals surface area contributed by atoms with E-state index in [2.05, 4.69) is 5.32 Å². The lowest BCUT2D eigenvalue weighted by Gasteiger charge is -2.26. The molecular weight excluding hydrogens is 468 g/mol. The van der Waals surface area contributed by atoms with Crippen molar-refractivity contribution in [2.45, 2.75) is 25.7 Å². The molecule has 0 amide bonds. The van der Waals surface area contributed by atoms with E-state index in [0.717, 1.165) is 11.3 Å². The van der Waals surface area contributed by atoms with Gasteiger partial charge in [-0.2, -0.15) is 4.31 Å². The molecular formula is C22H26N2O7S2. The molecule has 2 aromatic rings. The molecule has 0 atom stereocenters. The smallest absolute Gasteiger partial charge is 0.341 e. The number of esters is 1. The molecule has 0 radical (unpaired) electrons. The highest BCUT2D eigenvalue weighted by atomic mass is 32.2. The molecule has 2 heterocycles. The minimum Gasteiger partial charge on any atom is -0.462 e. The fourth-order valence-corrected chi connectivity index (χ4v) is 5.99. The monoisotopic (exact) mass is 494 g/mol. The fraction of sp³-hybridized carbons (Fsp3) is 0.409. The van der Waals surface area contributed by atoms with Crippen molar-refractivity contribution in [3.8, 4) is 0 Å². The number of carbonyl (C=O) groups excluding carboxylic acids is 3. The molecule has 1 aromatic heterocycles. The van der Waals surface area contributed by atoms with Gasteiger partial charge in [0, 0.05) is 18.7 Å². The van der Waals surface area contributed by atoms with Gasteiger partial charge in [-0.25, -0.2) is 13.2 Å². The number of nitrogens with one attached hydrogen (secondary N) is 1. The quantitative estimate of drug-likeness (QED) is 0.418. The second-order valence-electron chi connectivity index (χ2n) is 7.36. The number of thiophene rings is 1. The Kier molecular flexibility index (Phi) is 8.01. The lowest BCUT2D eigenvalue weighted by atomic mass is 10.1. The number of nitrogens with zero attached hydrogens (tertiary/aromatic N) is 1. The third kappa shape index (κ3) is 5.49. The standard InChI is InChI=1S/C22H26N2O7S2/c1-4-31-22(27)19-14(2)20(15(3)25)32-21(19)23-13-18(26)16-6-5-7-17(12-16)33(28,29)24-8-10-30-11-9-24/h5-7,12,23H,4,8-11,13H2,1-3H3. The van der Waals surface area contributed by atoms with Gasteiger partial charge < -0.3 is 14.8 Å². The molecule has 178 valence electrons. The molecule has 0 aliphatic carbocycles. The van der Waals surface area contributed by atoms with E-state index in [9.17, 15) is 22.8 Å².